The highest BCUT2D eigenvalue weighted by atomic mass is 79.9. The summed E-state index contributed by atoms with van der Waals surface area (Å²) in [5.41, 5.74) is 0.137. The van der Waals surface area contributed by atoms with Gasteiger partial charge in [0.05, 0.1) is 10.5 Å². The van der Waals surface area contributed by atoms with E-state index in [4.69, 9.17) is 0 Å². The lowest BCUT2D eigenvalue weighted by Crippen LogP contribution is -2.20. The van der Waals surface area contributed by atoms with Crippen LogP contribution in [0.2, 0.25) is 0 Å². The van der Waals surface area contributed by atoms with Crippen molar-refractivity contribution in [2.75, 3.05) is 7.05 Å². The van der Waals surface area contributed by atoms with E-state index in [0.717, 1.165) is 0 Å². The molecule has 1 atom stereocenters. The highest BCUT2D eigenvalue weighted by Crippen LogP contribution is 2.29. The van der Waals surface area contributed by atoms with Gasteiger partial charge in [-0.1, -0.05) is 6.07 Å². The maximum atomic E-state index is 13.8. The van der Waals surface area contributed by atoms with Gasteiger partial charge in [0.1, 0.15) is 23.3 Å². The summed E-state index contributed by atoms with van der Waals surface area (Å²) in [4.78, 5) is 0. The summed E-state index contributed by atoms with van der Waals surface area (Å²) < 4.78 is 53.9. The van der Waals surface area contributed by atoms with Crippen molar-refractivity contribution in [3.63, 3.8) is 0 Å². The summed E-state index contributed by atoms with van der Waals surface area (Å²) in [6, 6.07) is 4.38. The molecule has 1 nitrogen and oxygen atoms in total. The second kappa shape index (κ2) is 5.93. The number of benzene rings is 2. The largest absolute Gasteiger partial charge is 0.309 e. The lowest BCUT2D eigenvalue weighted by molar-refractivity contribution is 0.499. The Balaban J connectivity index is 2.55. The Labute approximate surface area is 121 Å². The van der Waals surface area contributed by atoms with Crippen LogP contribution in [0.1, 0.15) is 17.2 Å². The normalized spacial score (nSPS) is 12.5. The standard InChI is InChI=1S/C14H10BrF4N/c1-20-14(7-2-3-10(17)9(15)4-7)13-11(18)5-8(16)6-12(13)19/h2-6,14,20H,1H3. The van der Waals surface area contributed by atoms with Crippen LogP contribution in [0.5, 0.6) is 0 Å². The zero-order valence-corrected chi connectivity index (χ0v) is 11.9. The van der Waals surface area contributed by atoms with Crippen molar-refractivity contribution in [2.45, 2.75) is 6.04 Å². The zero-order valence-electron chi connectivity index (χ0n) is 10.4. The van der Waals surface area contributed by atoms with Crippen LogP contribution in [0.4, 0.5) is 17.6 Å². The Bertz CT molecular complexity index is 622. The first kappa shape index (κ1) is 15.0. The van der Waals surface area contributed by atoms with Crippen LogP contribution in [0.25, 0.3) is 0 Å². The molecule has 2 aromatic rings. The third-order valence-electron chi connectivity index (χ3n) is 2.90. The van der Waals surface area contributed by atoms with Crippen LogP contribution in [0.15, 0.2) is 34.8 Å². The maximum absolute atomic E-state index is 13.8. The first-order chi connectivity index (χ1) is 9.43. The molecule has 2 rings (SSSR count). The third kappa shape index (κ3) is 2.86. The summed E-state index contributed by atoms with van der Waals surface area (Å²) in [5, 5.41) is 2.74. The van der Waals surface area contributed by atoms with Crippen molar-refractivity contribution >= 4 is 15.9 Å². The summed E-state index contributed by atoms with van der Waals surface area (Å²) in [7, 11) is 1.50. The summed E-state index contributed by atoms with van der Waals surface area (Å²) in [6.07, 6.45) is 0. The lowest BCUT2D eigenvalue weighted by Gasteiger charge is -2.19. The van der Waals surface area contributed by atoms with Gasteiger partial charge < -0.3 is 5.32 Å². The molecule has 0 saturated carbocycles. The first-order valence-electron chi connectivity index (χ1n) is 5.70. The van der Waals surface area contributed by atoms with Gasteiger partial charge >= 0.3 is 0 Å². The minimum Gasteiger partial charge on any atom is -0.309 e. The van der Waals surface area contributed by atoms with Crippen LogP contribution in [-0.2, 0) is 0 Å². The molecule has 0 heterocycles. The monoisotopic (exact) mass is 347 g/mol. The maximum Gasteiger partial charge on any atom is 0.137 e. The van der Waals surface area contributed by atoms with Crippen molar-refractivity contribution in [3.05, 3.63) is 69.2 Å². The van der Waals surface area contributed by atoms with Crippen LogP contribution in [0, 0.1) is 23.3 Å². The average Bonchev–Trinajstić information content (AvgIpc) is 2.37. The molecule has 20 heavy (non-hydrogen) atoms. The quantitative estimate of drug-likeness (QED) is 0.815. The van der Waals surface area contributed by atoms with E-state index in [1.807, 2.05) is 0 Å². The number of rotatable bonds is 3. The van der Waals surface area contributed by atoms with E-state index in [1.54, 1.807) is 0 Å². The predicted octanol–water partition coefficient (Wildman–Crippen LogP) is 4.31. The highest BCUT2D eigenvalue weighted by Gasteiger charge is 2.22. The number of hydrogen-bond donors (Lipinski definition) is 1. The lowest BCUT2D eigenvalue weighted by atomic mass is 9.97. The Morgan fingerprint density at radius 2 is 1.55 bits per heavy atom. The molecule has 0 saturated heterocycles. The van der Waals surface area contributed by atoms with Gasteiger partial charge in [-0.25, -0.2) is 17.6 Å². The fraction of sp³-hybridized carbons (Fsp3) is 0.143. The van der Waals surface area contributed by atoms with E-state index < -0.39 is 29.3 Å². The van der Waals surface area contributed by atoms with Gasteiger partial charge in [0.15, 0.2) is 0 Å². The molecule has 0 aliphatic heterocycles. The Hall–Kier alpha value is -1.40. The fourth-order valence-electron chi connectivity index (χ4n) is 2.00. The molecule has 0 amide bonds. The summed E-state index contributed by atoms with van der Waals surface area (Å²) >= 11 is 3.01. The third-order valence-corrected chi connectivity index (χ3v) is 3.51. The molecule has 0 spiro atoms. The van der Waals surface area contributed by atoms with Gasteiger partial charge in [0.25, 0.3) is 0 Å². The van der Waals surface area contributed by atoms with E-state index in [1.165, 1.54) is 25.2 Å². The van der Waals surface area contributed by atoms with E-state index in [2.05, 4.69) is 21.2 Å². The summed E-state index contributed by atoms with van der Waals surface area (Å²) in [6.45, 7) is 0. The molecule has 0 radical (unpaired) electrons. The minimum absolute atomic E-state index is 0.179. The average molecular weight is 348 g/mol. The molecular weight excluding hydrogens is 338 g/mol. The van der Waals surface area contributed by atoms with E-state index in [-0.39, 0.29) is 10.0 Å². The predicted molar refractivity (Wildman–Crippen MR) is 71.3 cm³/mol. The van der Waals surface area contributed by atoms with Crippen molar-refractivity contribution in [3.8, 4) is 0 Å². The number of halogens is 5. The first-order valence-corrected chi connectivity index (χ1v) is 6.50. The van der Waals surface area contributed by atoms with Gasteiger partial charge in [-0.05, 0) is 40.7 Å². The van der Waals surface area contributed by atoms with Crippen molar-refractivity contribution in [1.82, 2.24) is 5.32 Å². The van der Waals surface area contributed by atoms with Crippen LogP contribution in [0.3, 0.4) is 0 Å². The van der Waals surface area contributed by atoms with Crippen molar-refractivity contribution < 1.29 is 17.6 Å². The highest BCUT2D eigenvalue weighted by molar-refractivity contribution is 9.10. The van der Waals surface area contributed by atoms with E-state index in [0.29, 0.717) is 17.7 Å². The molecule has 0 aliphatic carbocycles. The zero-order chi connectivity index (χ0) is 14.9. The Morgan fingerprint density at radius 1 is 0.950 bits per heavy atom. The topological polar surface area (TPSA) is 12.0 Å². The molecule has 1 N–H and O–H groups in total. The molecule has 0 bridgehead atoms. The van der Waals surface area contributed by atoms with Crippen LogP contribution < -0.4 is 5.32 Å². The van der Waals surface area contributed by atoms with Crippen LogP contribution in [-0.4, -0.2) is 7.05 Å². The SMILES string of the molecule is CNC(c1ccc(F)c(Br)c1)c1c(F)cc(F)cc1F. The smallest absolute Gasteiger partial charge is 0.137 e. The van der Waals surface area contributed by atoms with Gasteiger partial charge in [-0.15, -0.1) is 0 Å². The van der Waals surface area contributed by atoms with E-state index in [9.17, 15) is 17.6 Å². The molecule has 0 aromatic heterocycles. The minimum atomic E-state index is -0.998. The van der Waals surface area contributed by atoms with Gasteiger partial charge in [0.2, 0.25) is 0 Å². The van der Waals surface area contributed by atoms with Gasteiger partial charge in [-0.2, -0.15) is 0 Å². The molecule has 0 aliphatic rings. The van der Waals surface area contributed by atoms with Crippen molar-refractivity contribution in [2.24, 2.45) is 0 Å². The van der Waals surface area contributed by atoms with Gasteiger partial charge in [0, 0.05) is 17.7 Å². The van der Waals surface area contributed by atoms with Crippen LogP contribution >= 0.6 is 15.9 Å². The van der Waals surface area contributed by atoms with Crippen molar-refractivity contribution in [1.29, 1.82) is 0 Å². The molecular formula is C14H10BrF4N. The number of nitrogens with one attached hydrogen (secondary N) is 1. The van der Waals surface area contributed by atoms with Gasteiger partial charge in [-0.3, -0.25) is 0 Å². The second-order valence-corrected chi connectivity index (χ2v) is 5.03. The molecule has 6 heteroatoms. The second-order valence-electron chi connectivity index (χ2n) is 4.18. The molecule has 0 fully saturated rings. The number of hydrogen-bond acceptors (Lipinski definition) is 1. The molecule has 2 aromatic carbocycles. The fourth-order valence-corrected chi connectivity index (χ4v) is 2.40. The Kier molecular flexibility index (Phi) is 4.45. The molecule has 106 valence electrons. The Morgan fingerprint density at radius 3 is 2.05 bits per heavy atom. The molecule has 1 unspecified atom stereocenters. The summed E-state index contributed by atoms with van der Waals surface area (Å²) in [5.74, 6) is -3.47. The van der Waals surface area contributed by atoms with E-state index >= 15 is 0 Å².